The van der Waals surface area contributed by atoms with E-state index in [1.165, 1.54) is 0 Å². The van der Waals surface area contributed by atoms with Crippen molar-refractivity contribution in [3.8, 4) is 0 Å². The maximum Gasteiger partial charge on any atom is 0.427 e. The first-order valence-electron chi connectivity index (χ1n) is 10.9. The zero-order chi connectivity index (χ0) is 33.1. The molecule has 0 amide bonds. The fourth-order valence-corrected chi connectivity index (χ4v) is 4.88. The average molecular weight is 714 g/mol. The Balaban J connectivity index is 3.10. The Kier molecular flexibility index (Phi) is 10.6. The Morgan fingerprint density at radius 1 is 0.595 bits per heavy atom. The molecule has 0 spiro atoms. The monoisotopic (exact) mass is 712 g/mol. The SMILES string of the molecule is C=CC(=O)OC(C1C(F)C(F)C(F)C(F)C1F)(C1C(F)C(F)C(F)C(F)C1F)C(F)(F)C(F)(F)OC(F)(Cl)C(F)(Cl)Cl. The molecule has 2 aliphatic rings. The number of hydrogen-bond donors (Lipinski definition) is 0. The van der Waals surface area contributed by atoms with Crippen molar-refractivity contribution >= 4 is 40.8 Å². The van der Waals surface area contributed by atoms with E-state index in [2.05, 4.69) is 50.9 Å². The van der Waals surface area contributed by atoms with E-state index in [9.17, 15) is 39.9 Å². The van der Waals surface area contributed by atoms with Gasteiger partial charge in [0.15, 0.2) is 37.0 Å². The number of ether oxygens (including phenoxy) is 2. The van der Waals surface area contributed by atoms with Crippen LogP contribution in [0.3, 0.4) is 0 Å². The molecule has 0 aliphatic heterocycles. The van der Waals surface area contributed by atoms with Crippen molar-refractivity contribution in [2.24, 2.45) is 11.8 Å². The Hall–Kier alpha value is -1.08. The summed E-state index contributed by atoms with van der Waals surface area (Å²) in [5.41, 5.74) is -6.09. The molecule has 246 valence electrons. The maximum atomic E-state index is 15.9. The summed E-state index contributed by atoms with van der Waals surface area (Å²) in [5, 5.41) is -5.59. The van der Waals surface area contributed by atoms with E-state index >= 15 is 35.1 Å². The third kappa shape index (κ3) is 5.72. The number of halogens is 19. The lowest BCUT2D eigenvalue weighted by molar-refractivity contribution is -0.441. The van der Waals surface area contributed by atoms with Crippen LogP contribution in [-0.4, -0.2) is 95.2 Å². The molecule has 0 radical (unpaired) electrons. The number of hydrogen-bond acceptors (Lipinski definition) is 3. The second-order valence-corrected chi connectivity index (χ2v) is 10.8. The summed E-state index contributed by atoms with van der Waals surface area (Å²) < 4.78 is 237. The minimum atomic E-state index is -7.35. The van der Waals surface area contributed by atoms with Crippen LogP contribution < -0.4 is 0 Å². The topological polar surface area (TPSA) is 35.5 Å². The lowest BCUT2D eigenvalue weighted by atomic mass is 9.59. The summed E-state index contributed by atoms with van der Waals surface area (Å²) in [7, 11) is 0. The molecule has 3 nitrogen and oxygen atoms in total. The molecule has 2 rings (SSSR count). The summed E-state index contributed by atoms with van der Waals surface area (Å²) >= 11 is 13.4. The third-order valence-corrected chi connectivity index (χ3v) is 7.69. The molecule has 22 heteroatoms. The highest BCUT2D eigenvalue weighted by atomic mass is 35.5. The van der Waals surface area contributed by atoms with Gasteiger partial charge in [-0.15, -0.1) is 0 Å². The van der Waals surface area contributed by atoms with Crippen LogP contribution in [0, 0.1) is 11.8 Å². The van der Waals surface area contributed by atoms with Crippen LogP contribution in [0.2, 0.25) is 0 Å². The van der Waals surface area contributed by atoms with Gasteiger partial charge in [0.25, 0.3) is 0 Å². The fraction of sp³-hybridized carbons (Fsp3) is 0.850. The minimum Gasteiger partial charge on any atom is -0.448 e. The summed E-state index contributed by atoms with van der Waals surface area (Å²) in [4.78, 5) is 12.0. The number of rotatable bonds is 9. The highest BCUT2D eigenvalue weighted by Gasteiger charge is 2.85. The summed E-state index contributed by atoms with van der Waals surface area (Å²) in [5.74, 6) is -19.4. The van der Waals surface area contributed by atoms with Crippen LogP contribution >= 0.6 is 34.8 Å². The smallest absolute Gasteiger partial charge is 0.427 e. The molecular weight excluding hydrogens is 699 g/mol. The van der Waals surface area contributed by atoms with Crippen molar-refractivity contribution in [2.45, 2.75) is 89.3 Å². The first-order valence-corrected chi connectivity index (χ1v) is 12.1. The van der Waals surface area contributed by atoms with Gasteiger partial charge in [0.1, 0.15) is 24.7 Å². The molecule has 9 unspecified atom stereocenters. The van der Waals surface area contributed by atoms with Crippen molar-refractivity contribution in [1.29, 1.82) is 0 Å². The summed E-state index contributed by atoms with van der Waals surface area (Å²) in [6.07, 6.45) is -50.5. The molecule has 0 aromatic carbocycles. The van der Waals surface area contributed by atoms with Crippen LogP contribution in [0.5, 0.6) is 0 Å². The predicted molar refractivity (Wildman–Crippen MR) is 111 cm³/mol. The second kappa shape index (κ2) is 12.0. The minimum absolute atomic E-state index is 0.392. The molecule has 2 saturated carbocycles. The zero-order valence-corrected chi connectivity index (χ0v) is 21.9. The highest BCUT2D eigenvalue weighted by Crippen LogP contribution is 2.62. The lowest BCUT2D eigenvalue weighted by Gasteiger charge is -2.56. The Morgan fingerprint density at radius 3 is 1.14 bits per heavy atom. The van der Waals surface area contributed by atoms with Crippen LogP contribution in [0.4, 0.5) is 70.2 Å². The van der Waals surface area contributed by atoms with E-state index in [4.69, 9.17) is 0 Å². The predicted octanol–water partition coefficient (Wildman–Crippen LogP) is 7.30. The van der Waals surface area contributed by atoms with E-state index in [-0.39, 0.29) is 0 Å². The van der Waals surface area contributed by atoms with Gasteiger partial charge in [0, 0.05) is 6.08 Å². The van der Waals surface area contributed by atoms with Crippen molar-refractivity contribution in [1.82, 2.24) is 0 Å². The van der Waals surface area contributed by atoms with Crippen LogP contribution in [0.25, 0.3) is 0 Å². The second-order valence-electron chi connectivity index (χ2n) is 9.12. The molecule has 0 aromatic heterocycles. The summed E-state index contributed by atoms with van der Waals surface area (Å²) in [6.45, 7) is 2.54. The van der Waals surface area contributed by atoms with Gasteiger partial charge in [-0.2, -0.15) is 26.3 Å². The normalized spacial score (nSPS) is 41.4. The van der Waals surface area contributed by atoms with Gasteiger partial charge in [-0.05, 0) is 11.6 Å². The molecular formula is C20H15Cl3F16O3. The van der Waals surface area contributed by atoms with E-state index < -0.39 is 113 Å². The van der Waals surface area contributed by atoms with Gasteiger partial charge in [0.2, 0.25) is 5.60 Å². The van der Waals surface area contributed by atoms with Crippen molar-refractivity contribution in [3.05, 3.63) is 12.7 Å². The zero-order valence-electron chi connectivity index (χ0n) is 19.6. The first-order chi connectivity index (χ1) is 18.8. The molecule has 42 heavy (non-hydrogen) atoms. The standard InChI is InChI=1S/C20H15Cl3F16O3/c1-2-3(40)41-16(4-6(24)10(28)14(32)11(29)7(4)25,5-8(26)12(30)15(33)13(31)9(5)27)17(34,35)20(38,39)42-19(23,37)18(21,22)36/h2,4-15H,1H2. The van der Waals surface area contributed by atoms with Crippen LogP contribution in [0.15, 0.2) is 12.7 Å². The van der Waals surface area contributed by atoms with Gasteiger partial charge in [0.05, 0.1) is 11.8 Å². The Bertz CT molecular complexity index is 932. The van der Waals surface area contributed by atoms with Gasteiger partial charge < -0.3 is 4.74 Å². The molecule has 0 aromatic rings. The number of esters is 1. The largest absolute Gasteiger partial charge is 0.448 e. The van der Waals surface area contributed by atoms with Gasteiger partial charge in [-0.25, -0.2) is 48.7 Å². The van der Waals surface area contributed by atoms with E-state index in [0.717, 1.165) is 0 Å². The molecule has 9 atom stereocenters. The molecule has 0 N–H and O–H groups in total. The average Bonchev–Trinajstić information content (AvgIpc) is 2.86. The van der Waals surface area contributed by atoms with E-state index in [1.807, 2.05) is 0 Å². The molecule has 2 fully saturated rings. The van der Waals surface area contributed by atoms with Gasteiger partial charge in [-0.1, -0.05) is 29.8 Å². The quantitative estimate of drug-likeness (QED) is 0.109. The number of carbonyl (C=O) groups excluding carboxylic acids is 1. The molecule has 0 heterocycles. The number of alkyl halides is 19. The van der Waals surface area contributed by atoms with Crippen molar-refractivity contribution in [2.75, 3.05) is 0 Å². The molecule has 0 saturated heterocycles. The van der Waals surface area contributed by atoms with Crippen LogP contribution in [0.1, 0.15) is 0 Å². The fourth-order valence-electron chi connectivity index (χ4n) is 4.70. The maximum absolute atomic E-state index is 15.9. The first kappa shape index (κ1) is 37.1. The third-order valence-electron chi connectivity index (χ3n) is 6.68. The van der Waals surface area contributed by atoms with Gasteiger partial charge in [-0.3, -0.25) is 4.74 Å². The van der Waals surface area contributed by atoms with Crippen molar-refractivity contribution in [3.63, 3.8) is 0 Å². The molecule has 2 aliphatic carbocycles. The lowest BCUT2D eigenvalue weighted by Crippen LogP contribution is -2.78. The van der Waals surface area contributed by atoms with Gasteiger partial charge >= 0.3 is 27.9 Å². The highest BCUT2D eigenvalue weighted by molar-refractivity contribution is 6.51. The van der Waals surface area contributed by atoms with Crippen LogP contribution in [-0.2, 0) is 14.3 Å². The van der Waals surface area contributed by atoms with E-state index in [0.29, 0.717) is 0 Å². The van der Waals surface area contributed by atoms with Crippen molar-refractivity contribution < 1.29 is 84.5 Å². The van der Waals surface area contributed by atoms with E-state index in [1.54, 1.807) is 0 Å². The summed E-state index contributed by atoms with van der Waals surface area (Å²) in [6, 6.07) is 0. The number of carbonyl (C=O) groups is 1. The molecule has 0 bridgehead atoms. The Labute approximate surface area is 239 Å². The Morgan fingerprint density at radius 2 is 0.881 bits per heavy atom.